The summed E-state index contributed by atoms with van der Waals surface area (Å²) >= 11 is 2.05. The molecular formula is C12H25NOS. The van der Waals surface area contributed by atoms with Crippen molar-refractivity contribution in [3.63, 3.8) is 0 Å². The van der Waals surface area contributed by atoms with Gasteiger partial charge in [0.05, 0.1) is 0 Å². The van der Waals surface area contributed by atoms with Crippen LogP contribution in [0.4, 0.5) is 0 Å². The molecule has 1 aliphatic carbocycles. The van der Waals surface area contributed by atoms with Crippen LogP contribution in [0.3, 0.4) is 0 Å². The van der Waals surface area contributed by atoms with E-state index in [2.05, 4.69) is 11.6 Å². The van der Waals surface area contributed by atoms with E-state index >= 15 is 0 Å². The monoisotopic (exact) mass is 231 g/mol. The molecule has 0 aliphatic heterocycles. The summed E-state index contributed by atoms with van der Waals surface area (Å²) in [5.41, 5.74) is 0. The smallest absolute Gasteiger partial charge is 0.0431 e. The van der Waals surface area contributed by atoms with Crippen LogP contribution in [0.15, 0.2) is 0 Å². The summed E-state index contributed by atoms with van der Waals surface area (Å²) in [6.45, 7) is 2.63. The third-order valence-corrected chi connectivity index (χ3v) is 4.83. The van der Waals surface area contributed by atoms with Crippen molar-refractivity contribution in [3.05, 3.63) is 0 Å². The van der Waals surface area contributed by atoms with Crippen LogP contribution in [0.1, 0.15) is 44.9 Å². The third kappa shape index (κ3) is 4.75. The number of unbranched alkanes of at least 4 members (excludes halogenated alkanes) is 2. The Morgan fingerprint density at radius 3 is 2.53 bits per heavy atom. The fourth-order valence-electron chi connectivity index (χ4n) is 2.33. The first-order valence-corrected chi connectivity index (χ1v) is 7.42. The predicted molar refractivity (Wildman–Crippen MR) is 68.5 cm³/mol. The summed E-state index contributed by atoms with van der Waals surface area (Å²) in [5.74, 6) is 0. The highest BCUT2D eigenvalue weighted by atomic mass is 32.2. The van der Waals surface area contributed by atoms with Gasteiger partial charge in [-0.1, -0.05) is 12.8 Å². The maximum Gasteiger partial charge on any atom is 0.0431 e. The van der Waals surface area contributed by atoms with Gasteiger partial charge in [-0.3, -0.25) is 0 Å². The Morgan fingerprint density at radius 2 is 1.93 bits per heavy atom. The van der Waals surface area contributed by atoms with Crippen molar-refractivity contribution in [1.29, 1.82) is 0 Å². The average molecular weight is 231 g/mol. The molecule has 15 heavy (non-hydrogen) atoms. The third-order valence-electron chi connectivity index (χ3n) is 3.41. The van der Waals surface area contributed by atoms with Crippen LogP contribution in [0.2, 0.25) is 0 Å². The highest BCUT2D eigenvalue weighted by Gasteiger charge is 2.32. The van der Waals surface area contributed by atoms with Crippen LogP contribution >= 0.6 is 11.8 Å². The zero-order valence-corrected chi connectivity index (χ0v) is 10.7. The Balaban J connectivity index is 2.02. The molecule has 2 nitrogen and oxygen atoms in total. The summed E-state index contributed by atoms with van der Waals surface area (Å²) in [4.78, 5) is 0. The van der Waals surface area contributed by atoms with Gasteiger partial charge in [0.2, 0.25) is 0 Å². The summed E-state index contributed by atoms with van der Waals surface area (Å²) in [5, 5.41) is 12.2. The number of nitrogens with one attached hydrogen (secondary N) is 1. The van der Waals surface area contributed by atoms with E-state index in [9.17, 15) is 0 Å². The molecule has 90 valence electrons. The highest BCUT2D eigenvalue weighted by molar-refractivity contribution is 8.00. The van der Waals surface area contributed by atoms with E-state index in [0.717, 1.165) is 19.4 Å². The molecule has 2 N–H and O–H groups in total. The maximum absolute atomic E-state index is 8.65. The van der Waals surface area contributed by atoms with Crippen molar-refractivity contribution in [2.45, 2.75) is 49.7 Å². The van der Waals surface area contributed by atoms with Crippen molar-refractivity contribution >= 4 is 11.8 Å². The van der Waals surface area contributed by atoms with E-state index in [4.69, 9.17) is 5.11 Å². The van der Waals surface area contributed by atoms with Gasteiger partial charge in [0.1, 0.15) is 0 Å². The molecule has 0 radical (unpaired) electrons. The van der Waals surface area contributed by atoms with Crippen LogP contribution in [-0.4, -0.2) is 35.8 Å². The van der Waals surface area contributed by atoms with Crippen LogP contribution < -0.4 is 5.32 Å². The van der Waals surface area contributed by atoms with Gasteiger partial charge in [-0.15, -0.1) is 0 Å². The molecular weight excluding hydrogens is 206 g/mol. The first-order chi connectivity index (χ1) is 7.33. The minimum absolute atomic E-state index is 0.342. The molecule has 0 heterocycles. The minimum atomic E-state index is 0.342. The van der Waals surface area contributed by atoms with E-state index in [0.29, 0.717) is 11.4 Å². The van der Waals surface area contributed by atoms with Crippen molar-refractivity contribution in [1.82, 2.24) is 5.32 Å². The van der Waals surface area contributed by atoms with Gasteiger partial charge >= 0.3 is 0 Å². The number of thioether (sulfide) groups is 1. The van der Waals surface area contributed by atoms with Gasteiger partial charge in [0.25, 0.3) is 0 Å². The summed E-state index contributed by atoms with van der Waals surface area (Å²) in [6.07, 6.45) is 11.1. The first kappa shape index (κ1) is 13.3. The fraction of sp³-hybridized carbons (Fsp3) is 1.00. The molecule has 0 atom stereocenters. The topological polar surface area (TPSA) is 32.3 Å². The minimum Gasteiger partial charge on any atom is -0.396 e. The zero-order chi connectivity index (χ0) is 11.0. The normalized spacial score (nSPS) is 19.6. The summed E-state index contributed by atoms with van der Waals surface area (Å²) < 4.78 is 0.539. The number of hydrogen-bond donors (Lipinski definition) is 2. The molecule has 1 saturated carbocycles. The van der Waals surface area contributed by atoms with Gasteiger partial charge in [-0.2, -0.15) is 11.8 Å². The molecule has 1 fully saturated rings. The quantitative estimate of drug-likeness (QED) is 0.629. The molecule has 0 aromatic rings. The average Bonchev–Trinajstić information content (AvgIpc) is 2.73. The lowest BCUT2D eigenvalue weighted by Gasteiger charge is -2.27. The Bertz CT molecular complexity index is 158. The van der Waals surface area contributed by atoms with Crippen LogP contribution in [-0.2, 0) is 0 Å². The standard InChI is InChI=1S/C12H25NOS/c1-15-12(7-3-4-8-12)11-13-9-5-2-6-10-14/h13-14H,2-11H2,1H3. The molecule has 0 unspecified atom stereocenters. The van der Waals surface area contributed by atoms with Gasteiger partial charge < -0.3 is 10.4 Å². The van der Waals surface area contributed by atoms with Gasteiger partial charge in [-0.25, -0.2) is 0 Å². The molecule has 3 heteroatoms. The largest absolute Gasteiger partial charge is 0.396 e. The maximum atomic E-state index is 8.65. The second kappa shape index (κ2) is 7.53. The second-order valence-corrected chi connectivity index (χ2v) is 5.83. The predicted octanol–water partition coefficient (Wildman–Crippen LogP) is 2.41. The number of rotatable bonds is 8. The zero-order valence-electron chi connectivity index (χ0n) is 9.93. The summed E-state index contributed by atoms with van der Waals surface area (Å²) in [7, 11) is 0. The second-order valence-electron chi connectivity index (χ2n) is 4.56. The van der Waals surface area contributed by atoms with Gasteiger partial charge in [-0.05, 0) is 44.9 Å². The lowest BCUT2D eigenvalue weighted by atomic mass is 10.1. The molecule has 0 aromatic carbocycles. The van der Waals surface area contributed by atoms with E-state index in [-0.39, 0.29) is 0 Å². The molecule has 0 saturated heterocycles. The SMILES string of the molecule is CSC1(CNCCCCCO)CCCC1. The molecule has 0 aromatic heterocycles. The van der Waals surface area contributed by atoms with E-state index in [1.807, 2.05) is 11.8 Å². The Hall–Kier alpha value is 0.270. The van der Waals surface area contributed by atoms with Gasteiger partial charge in [0.15, 0.2) is 0 Å². The van der Waals surface area contributed by atoms with Crippen LogP contribution in [0.25, 0.3) is 0 Å². The van der Waals surface area contributed by atoms with E-state index in [1.165, 1.54) is 38.6 Å². The Kier molecular flexibility index (Phi) is 6.69. The Labute approximate surface area is 98.2 Å². The van der Waals surface area contributed by atoms with Crippen molar-refractivity contribution < 1.29 is 5.11 Å². The molecule has 0 bridgehead atoms. The van der Waals surface area contributed by atoms with E-state index < -0.39 is 0 Å². The van der Waals surface area contributed by atoms with Crippen molar-refractivity contribution in [2.75, 3.05) is 26.0 Å². The van der Waals surface area contributed by atoms with Crippen LogP contribution in [0.5, 0.6) is 0 Å². The lowest BCUT2D eigenvalue weighted by molar-refractivity contribution is 0.282. The number of aliphatic hydroxyl groups is 1. The van der Waals surface area contributed by atoms with Crippen LogP contribution in [0, 0.1) is 0 Å². The van der Waals surface area contributed by atoms with Crippen molar-refractivity contribution in [2.24, 2.45) is 0 Å². The lowest BCUT2D eigenvalue weighted by Crippen LogP contribution is -2.35. The molecule has 0 spiro atoms. The first-order valence-electron chi connectivity index (χ1n) is 6.20. The number of aliphatic hydroxyl groups excluding tert-OH is 1. The fourth-order valence-corrected chi connectivity index (χ4v) is 3.27. The highest BCUT2D eigenvalue weighted by Crippen LogP contribution is 2.39. The molecule has 1 rings (SSSR count). The summed E-state index contributed by atoms with van der Waals surface area (Å²) in [6, 6.07) is 0. The van der Waals surface area contributed by atoms with Crippen molar-refractivity contribution in [3.8, 4) is 0 Å². The molecule has 0 amide bonds. The van der Waals surface area contributed by atoms with Gasteiger partial charge in [0, 0.05) is 17.9 Å². The number of hydrogen-bond acceptors (Lipinski definition) is 3. The Morgan fingerprint density at radius 1 is 1.20 bits per heavy atom. The molecule has 1 aliphatic rings. The van der Waals surface area contributed by atoms with E-state index in [1.54, 1.807) is 0 Å².